The van der Waals surface area contributed by atoms with Crippen LogP contribution in [0.3, 0.4) is 0 Å². The molecule has 0 saturated carbocycles. The molecule has 0 aliphatic carbocycles. The number of hydrogen-bond acceptors (Lipinski definition) is 2. The summed E-state index contributed by atoms with van der Waals surface area (Å²) in [6.45, 7) is 0. The zero-order chi connectivity index (χ0) is 11.0. The molecule has 0 atom stereocenters. The second-order valence-corrected chi connectivity index (χ2v) is 3.73. The third kappa shape index (κ3) is 1.31. The Labute approximate surface area is 93.5 Å². The number of rotatable bonds is 1. The Morgan fingerprint density at radius 1 is 1.00 bits per heavy atom. The topological polar surface area (TPSA) is 22.1 Å². The van der Waals surface area contributed by atoms with Crippen LogP contribution in [0.25, 0.3) is 21.7 Å². The van der Waals surface area contributed by atoms with Gasteiger partial charge in [-0.3, -0.25) is 4.98 Å². The molecule has 2 nitrogen and oxygen atoms in total. The van der Waals surface area contributed by atoms with Gasteiger partial charge in [0.2, 0.25) is 0 Å². The number of benzene rings is 2. The summed E-state index contributed by atoms with van der Waals surface area (Å²) in [6.07, 6.45) is 1.91. The molecule has 1 heterocycles. The van der Waals surface area contributed by atoms with E-state index in [4.69, 9.17) is 4.74 Å². The molecule has 0 aliphatic rings. The first-order chi connectivity index (χ1) is 7.88. The number of pyridine rings is 1. The average molecular weight is 209 g/mol. The van der Waals surface area contributed by atoms with Gasteiger partial charge in [0, 0.05) is 17.0 Å². The molecule has 0 radical (unpaired) electrons. The van der Waals surface area contributed by atoms with Gasteiger partial charge in [0.15, 0.2) is 0 Å². The van der Waals surface area contributed by atoms with E-state index in [-0.39, 0.29) is 0 Å². The summed E-state index contributed by atoms with van der Waals surface area (Å²) in [4.78, 5) is 4.43. The first-order valence-corrected chi connectivity index (χ1v) is 5.20. The monoisotopic (exact) mass is 209 g/mol. The minimum Gasteiger partial charge on any atom is -0.497 e. The molecule has 2 aromatic carbocycles. The second-order valence-electron chi connectivity index (χ2n) is 3.73. The smallest absolute Gasteiger partial charge is 0.119 e. The van der Waals surface area contributed by atoms with Crippen LogP contribution in [-0.2, 0) is 0 Å². The predicted octanol–water partition coefficient (Wildman–Crippen LogP) is 3.40. The fourth-order valence-electron chi connectivity index (χ4n) is 1.96. The van der Waals surface area contributed by atoms with E-state index in [9.17, 15) is 0 Å². The van der Waals surface area contributed by atoms with E-state index in [1.165, 1.54) is 5.39 Å². The average Bonchev–Trinajstić information content (AvgIpc) is 2.38. The van der Waals surface area contributed by atoms with Gasteiger partial charge in [0.05, 0.1) is 12.6 Å². The van der Waals surface area contributed by atoms with E-state index >= 15 is 0 Å². The highest BCUT2D eigenvalue weighted by molar-refractivity contribution is 6.05. The highest BCUT2D eigenvalue weighted by Gasteiger charge is 2.02. The quantitative estimate of drug-likeness (QED) is 0.573. The zero-order valence-corrected chi connectivity index (χ0v) is 8.97. The summed E-state index contributed by atoms with van der Waals surface area (Å²) in [5.74, 6) is 0.866. The third-order valence-corrected chi connectivity index (χ3v) is 2.80. The van der Waals surface area contributed by atoms with Crippen molar-refractivity contribution in [3.63, 3.8) is 0 Å². The summed E-state index contributed by atoms with van der Waals surface area (Å²) in [5, 5.41) is 3.51. The highest BCUT2D eigenvalue weighted by atomic mass is 16.5. The van der Waals surface area contributed by atoms with Crippen LogP contribution in [0.2, 0.25) is 0 Å². The van der Waals surface area contributed by atoms with Gasteiger partial charge in [-0.05, 0) is 23.6 Å². The molecule has 16 heavy (non-hydrogen) atoms. The molecule has 0 bridgehead atoms. The van der Waals surface area contributed by atoms with E-state index in [1.54, 1.807) is 7.11 Å². The molecule has 1 aromatic heterocycles. The van der Waals surface area contributed by atoms with Crippen LogP contribution < -0.4 is 4.74 Å². The normalized spacial score (nSPS) is 10.8. The molecule has 78 valence electrons. The van der Waals surface area contributed by atoms with Gasteiger partial charge in [-0.25, -0.2) is 0 Å². The number of fused-ring (bicyclic) bond motifs is 3. The Morgan fingerprint density at radius 3 is 2.75 bits per heavy atom. The fraction of sp³-hybridized carbons (Fsp3) is 0.0714. The van der Waals surface area contributed by atoms with Crippen molar-refractivity contribution < 1.29 is 4.74 Å². The minimum atomic E-state index is 0.866. The summed E-state index contributed by atoms with van der Waals surface area (Å²) in [5.41, 5.74) is 1.000. The number of methoxy groups -OCH3 is 1. The van der Waals surface area contributed by atoms with E-state index < -0.39 is 0 Å². The highest BCUT2D eigenvalue weighted by Crippen LogP contribution is 2.26. The first kappa shape index (κ1) is 9.16. The molecule has 0 unspecified atom stereocenters. The van der Waals surface area contributed by atoms with Crippen LogP contribution in [0.15, 0.2) is 48.7 Å². The van der Waals surface area contributed by atoms with Crippen LogP contribution in [0, 0.1) is 0 Å². The number of aromatic nitrogens is 1. The van der Waals surface area contributed by atoms with Gasteiger partial charge in [-0.1, -0.05) is 24.3 Å². The van der Waals surface area contributed by atoms with E-state index in [1.807, 2.05) is 36.5 Å². The van der Waals surface area contributed by atoms with Gasteiger partial charge in [-0.2, -0.15) is 0 Å². The van der Waals surface area contributed by atoms with Gasteiger partial charge < -0.3 is 4.74 Å². The maximum atomic E-state index is 5.24. The minimum absolute atomic E-state index is 0.866. The Bertz CT molecular complexity index is 661. The van der Waals surface area contributed by atoms with Crippen molar-refractivity contribution in [3.8, 4) is 5.75 Å². The summed E-state index contributed by atoms with van der Waals surface area (Å²) in [7, 11) is 1.68. The lowest BCUT2D eigenvalue weighted by atomic mass is 10.1. The molecular formula is C14H11NO. The molecule has 0 aliphatic heterocycles. The van der Waals surface area contributed by atoms with Crippen LogP contribution in [0.5, 0.6) is 5.75 Å². The molecular weight excluding hydrogens is 198 g/mol. The number of nitrogens with zero attached hydrogens (tertiary/aromatic N) is 1. The molecule has 3 rings (SSSR count). The molecule has 0 N–H and O–H groups in total. The SMILES string of the molecule is COc1ccc2ncc3ccccc3c2c1. The van der Waals surface area contributed by atoms with Crippen LogP contribution >= 0.6 is 0 Å². The second kappa shape index (κ2) is 3.49. The third-order valence-electron chi connectivity index (χ3n) is 2.80. The van der Waals surface area contributed by atoms with Crippen molar-refractivity contribution in [2.75, 3.05) is 7.11 Å². The van der Waals surface area contributed by atoms with Crippen molar-refractivity contribution in [3.05, 3.63) is 48.7 Å². The van der Waals surface area contributed by atoms with Crippen molar-refractivity contribution in [2.45, 2.75) is 0 Å². The summed E-state index contributed by atoms with van der Waals surface area (Å²) >= 11 is 0. The molecule has 0 spiro atoms. The summed E-state index contributed by atoms with van der Waals surface area (Å²) in [6, 6.07) is 14.2. The predicted molar refractivity (Wildman–Crippen MR) is 65.8 cm³/mol. The van der Waals surface area contributed by atoms with E-state index in [2.05, 4.69) is 17.1 Å². The molecule has 0 amide bonds. The first-order valence-electron chi connectivity index (χ1n) is 5.20. The molecule has 0 saturated heterocycles. The lowest BCUT2D eigenvalue weighted by Gasteiger charge is -2.05. The molecule has 3 aromatic rings. The van der Waals surface area contributed by atoms with Crippen molar-refractivity contribution in [1.29, 1.82) is 0 Å². The lowest BCUT2D eigenvalue weighted by Crippen LogP contribution is -1.85. The van der Waals surface area contributed by atoms with E-state index in [0.717, 1.165) is 22.0 Å². The van der Waals surface area contributed by atoms with Crippen LogP contribution in [-0.4, -0.2) is 12.1 Å². The fourth-order valence-corrected chi connectivity index (χ4v) is 1.96. The number of hydrogen-bond donors (Lipinski definition) is 0. The Hall–Kier alpha value is -2.09. The van der Waals surface area contributed by atoms with Gasteiger partial charge in [0.1, 0.15) is 5.75 Å². The van der Waals surface area contributed by atoms with Crippen molar-refractivity contribution in [2.24, 2.45) is 0 Å². The maximum absolute atomic E-state index is 5.24. The van der Waals surface area contributed by atoms with Crippen LogP contribution in [0.4, 0.5) is 0 Å². The molecule has 2 heteroatoms. The Morgan fingerprint density at radius 2 is 1.88 bits per heavy atom. The van der Waals surface area contributed by atoms with Crippen molar-refractivity contribution in [1.82, 2.24) is 4.98 Å². The molecule has 0 fully saturated rings. The lowest BCUT2D eigenvalue weighted by molar-refractivity contribution is 0.415. The van der Waals surface area contributed by atoms with Gasteiger partial charge in [-0.15, -0.1) is 0 Å². The Balaban J connectivity index is 2.47. The van der Waals surface area contributed by atoms with Gasteiger partial charge >= 0.3 is 0 Å². The van der Waals surface area contributed by atoms with Gasteiger partial charge in [0.25, 0.3) is 0 Å². The van der Waals surface area contributed by atoms with Crippen LogP contribution in [0.1, 0.15) is 0 Å². The number of ether oxygens (including phenoxy) is 1. The van der Waals surface area contributed by atoms with Crippen molar-refractivity contribution >= 4 is 21.7 Å². The standard InChI is InChI=1S/C14H11NO/c1-16-11-6-7-14-13(8-11)12-5-3-2-4-10(12)9-15-14/h2-9H,1H3. The zero-order valence-electron chi connectivity index (χ0n) is 8.97. The van der Waals surface area contributed by atoms with E-state index in [0.29, 0.717) is 0 Å². The summed E-state index contributed by atoms with van der Waals surface area (Å²) < 4.78 is 5.24. The maximum Gasteiger partial charge on any atom is 0.119 e. The largest absolute Gasteiger partial charge is 0.497 e. The Kier molecular flexibility index (Phi) is 2.00.